The molecule has 0 spiro atoms. The van der Waals surface area contributed by atoms with Crippen LogP contribution in [-0.4, -0.2) is 10.9 Å². The second kappa shape index (κ2) is 3.81. The van der Waals surface area contributed by atoms with Gasteiger partial charge in [0, 0.05) is 5.56 Å². The van der Waals surface area contributed by atoms with Gasteiger partial charge in [0.25, 0.3) is 0 Å². The Balaban J connectivity index is 2.90. The lowest BCUT2D eigenvalue weighted by atomic mass is 10.1. The van der Waals surface area contributed by atoms with E-state index >= 15 is 0 Å². The van der Waals surface area contributed by atoms with E-state index in [2.05, 4.69) is 15.9 Å². The molecular weight excluding hydrogens is 223 g/mol. The van der Waals surface area contributed by atoms with E-state index in [1.54, 1.807) is 24.3 Å². The van der Waals surface area contributed by atoms with Crippen molar-refractivity contribution in [1.82, 2.24) is 0 Å². The highest BCUT2D eigenvalue weighted by atomic mass is 79.9. The summed E-state index contributed by atoms with van der Waals surface area (Å²) in [7, 11) is 0. The van der Waals surface area contributed by atoms with E-state index in [1.165, 1.54) is 0 Å². The van der Waals surface area contributed by atoms with Gasteiger partial charge in [-0.1, -0.05) is 29.8 Å². The Labute approximate surface area is 78.7 Å². The van der Waals surface area contributed by atoms with Gasteiger partial charge in [-0.25, -0.2) is 4.39 Å². The fourth-order valence-electron chi connectivity index (χ4n) is 0.844. The molecule has 0 radical (unpaired) electrons. The Morgan fingerprint density at radius 1 is 1.42 bits per heavy atom. The van der Waals surface area contributed by atoms with Gasteiger partial charge in [-0.05, 0) is 22.9 Å². The minimum absolute atomic E-state index is 0.393. The standard InChI is InChI=1S/C9H8BrFO/c1-6-2-4-7(5-3-6)8(12)9(10)11/h2-5,9H,1H3. The van der Waals surface area contributed by atoms with Crippen LogP contribution in [0, 0.1) is 6.92 Å². The molecule has 64 valence electrons. The third kappa shape index (κ3) is 2.14. The Bertz CT molecular complexity index is 279. The maximum absolute atomic E-state index is 12.4. The smallest absolute Gasteiger partial charge is 0.217 e. The lowest BCUT2D eigenvalue weighted by Gasteiger charge is -1.99. The van der Waals surface area contributed by atoms with E-state index in [1.807, 2.05) is 6.92 Å². The van der Waals surface area contributed by atoms with Crippen molar-refractivity contribution in [2.45, 2.75) is 12.0 Å². The summed E-state index contributed by atoms with van der Waals surface area (Å²) in [6.45, 7) is 1.91. The van der Waals surface area contributed by atoms with Crippen LogP contribution in [0.1, 0.15) is 15.9 Å². The van der Waals surface area contributed by atoms with E-state index in [0.29, 0.717) is 5.56 Å². The van der Waals surface area contributed by atoms with E-state index in [-0.39, 0.29) is 0 Å². The summed E-state index contributed by atoms with van der Waals surface area (Å²) in [6, 6.07) is 6.79. The van der Waals surface area contributed by atoms with E-state index in [9.17, 15) is 9.18 Å². The first kappa shape index (κ1) is 9.39. The molecule has 12 heavy (non-hydrogen) atoms. The average molecular weight is 231 g/mol. The summed E-state index contributed by atoms with van der Waals surface area (Å²) in [5.41, 5.74) is 1.45. The molecule has 0 aliphatic heterocycles. The van der Waals surface area contributed by atoms with Gasteiger partial charge in [-0.3, -0.25) is 4.79 Å². The number of carbonyl (C=O) groups is 1. The Hall–Kier alpha value is -0.700. The number of benzene rings is 1. The summed E-state index contributed by atoms with van der Waals surface area (Å²) in [5.74, 6) is -0.532. The van der Waals surface area contributed by atoms with Crippen molar-refractivity contribution in [3.8, 4) is 0 Å². The monoisotopic (exact) mass is 230 g/mol. The van der Waals surface area contributed by atoms with Gasteiger partial charge < -0.3 is 0 Å². The summed E-state index contributed by atoms with van der Waals surface area (Å²) < 4.78 is 12.4. The van der Waals surface area contributed by atoms with Gasteiger partial charge >= 0.3 is 0 Å². The first-order valence-corrected chi connectivity index (χ1v) is 4.42. The van der Waals surface area contributed by atoms with Crippen molar-refractivity contribution in [2.24, 2.45) is 0 Å². The Morgan fingerprint density at radius 2 is 1.92 bits per heavy atom. The van der Waals surface area contributed by atoms with Crippen LogP contribution in [0.4, 0.5) is 4.39 Å². The van der Waals surface area contributed by atoms with E-state index < -0.39 is 10.9 Å². The van der Waals surface area contributed by atoms with Gasteiger partial charge in [0.15, 0.2) is 0 Å². The lowest BCUT2D eigenvalue weighted by molar-refractivity contribution is 0.0942. The zero-order chi connectivity index (χ0) is 9.14. The summed E-state index contributed by atoms with van der Waals surface area (Å²) >= 11 is 2.58. The highest BCUT2D eigenvalue weighted by Gasteiger charge is 2.14. The molecule has 1 unspecified atom stereocenters. The lowest BCUT2D eigenvalue weighted by Crippen LogP contribution is -2.08. The van der Waals surface area contributed by atoms with Gasteiger partial charge in [-0.2, -0.15) is 0 Å². The second-order valence-electron chi connectivity index (χ2n) is 2.53. The van der Waals surface area contributed by atoms with Crippen LogP contribution in [0.25, 0.3) is 0 Å². The van der Waals surface area contributed by atoms with Crippen molar-refractivity contribution in [3.63, 3.8) is 0 Å². The molecule has 0 amide bonds. The molecular formula is C9H8BrFO. The number of halogens is 2. The molecule has 0 aliphatic rings. The quantitative estimate of drug-likeness (QED) is 0.565. The average Bonchev–Trinajstić information content (AvgIpc) is 2.04. The molecule has 0 fully saturated rings. The third-order valence-electron chi connectivity index (χ3n) is 1.53. The van der Waals surface area contributed by atoms with Crippen LogP contribution in [0.3, 0.4) is 0 Å². The van der Waals surface area contributed by atoms with Crippen LogP contribution in [0.15, 0.2) is 24.3 Å². The molecule has 1 aromatic carbocycles. The molecule has 1 atom stereocenters. The van der Waals surface area contributed by atoms with E-state index in [0.717, 1.165) is 5.56 Å². The Morgan fingerprint density at radius 3 is 2.33 bits per heavy atom. The first-order valence-electron chi connectivity index (χ1n) is 3.50. The van der Waals surface area contributed by atoms with Gasteiger partial charge in [0.05, 0.1) is 0 Å². The number of hydrogen-bond acceptors (Lipinski definition) is 1. The fourth-order valence-corrected chi connectivity index (χ4v) is 1.11. The molecule has 0 saturated carbocycles. The van der Waals surface area contributed by atoms with Crippen molar-refractivity contribution in [3.05, 3.63) is 35.4 Å². The van der Waals surface area contributed by atoms with Crippen molar-refractivity contribution < 1.29 is 9.18 Å². The molecule has 3 heteroatoms. The molecule has 0 heterocycles. The zero-order valence-electron chi connectivity index (χ0n) is 6.55. The SMILES string of the molecule is Cc1ccc(C(=O)C(F)Br)cc1. The van der Waals surface area contributed by atoms with Crippen molar-refractivity contribution in [1.29, 1.82) is 0 Å². The number of ketones is 1. The van der Waals surface area contributed by atoms with Crippen LogP contribution in [0.2, 0.25) is 0 Å². The molecule has 0 bridgehead atoms. The summed E-state index contributed by atoms with van der Waals surface area (Å²) in [5, 5.41) is -1.60. The number of alkyl halides is 2. The summed E-state index contributed by atoms with van der Waals surface area (Å²) in [6.07, 6.45) is 0. The van der Waals surface area contributed by atoms with Crippen LogP contribution >= 0.6 is 15.9 Å². The highest BCUT2D eigenvalue weighted by molar-refractivity contribution is 9.09. The van der Waals surface area contributed by atoms with Crippen molar-refractivity contribution in [2.75, 3.05) is 0 Å². The molecule has 0 aromatic heterocycles. The van der Waals surface area contributed by atoms with Crippen LogP contribution < -0.4 is 0 Å². The normalized spacial score (nSPS) is 12.6. The molecule has 1 rings (SSSR count). The molecule has 1 aromatic rings. The fraction of sp³-hybridized carbons (Fsp3) is 0.222. The maximum atomic E-state index is 12.4. The predicted molar refractivity (Wildman–Crippen MR) is 49.3 cm³/mol. The van der Waals surface area contributed by atoms with Crippen LogP contribution in [-0.2, 0) is 0 Å². The number of Topliss-reactive ketones (excluding diaryl/α,β-unsaturated/α-hetero) is 1. The maximum Gasteiger partial charge on any atom is 0.217 e. The Kier molecular flexibility index (Phi) is 2.98. The molecule has 1 nitrogen and oxygen atoms in total. The topological polar surface area (TPSA) is 17.1 Å². The highest BCUT2D eigenvalue weighted by Crippen LogP contribution is 2.11. The number of rotatable bonds is 2. The van der Waals surface area contributed by atoms with Crippen LogP contribution in [0.5, 0.6) is 0 Å². The van der Waals surface area contributed by atoms with Gasteiger partial charge in [-0.15, -0.1) is 0 Å². The molecule has 0 N–H and O–H groups in total. The molecule has 0 aliphatic carbocycles. The number of hydrogen-bond donors (Lipinski definition) is 0. The van der Waals surface area contributed by atoms with Crippen molar-refractivity contribution >= 4 is 21.7 Å². The van der Waals surface area contributed by atoms with Gasteiger partial charge in [0.1, 0.15) is 0 Å². The largest absolute Gasteiger partial charge is 0.290 e. The number of aryl methyl sites for hydroxylation is 1. The minimum Gasteiger partial charge on any atom is -0.290 e. The van der Waals surface area contributed by atoms with E-state index in [4.69, 9.17) is 0 Å². The summed E-state index contributed by atoms with van der Waals surface area (Å²) in [4.78, 5) is 11.0. The second-order valence-corrected chi connectivity index (χ2v) is 3.33. The van der Waals surface area contributed by atoms with Gasteiger partial charge in [0.2, 0.25) is 10.9 Å². The zero-order valence-corrected chi connectivity index (χ0v) is 8.14. The first-order chi connectivity index (χ1) is 5.61. The predicted octanol–water partition coefficient (Wildman–Crippen LogP) is 2.87. The minimum atomic E-state index is -1.60. The molecule has 0 saturated heterocycles. The number of carbonyl (C=O) groups excluding carboxylic acids is 1. The third-order valence-corrected chi connectivity index (χ3v) is 1.95.